The van der Waals surface area contributed by atoms with E-state index >= 15 is 0 Å². The molecule has 2 N–H and O–H groups in total. The van der Waals surface area contributed by atoms with Gasteiger partial charge in [-0.2, -0.15) is 0 Å². The Kier molecular flexibility index (Phi) is 2.84. The van der Waals surface area contributed by atoms with E-state index in [0.717, 1.165) is 0 Å². The van der Waals surface area contributed by atoms with Crippen molar-refractivity contribution in [3.63, 3.8) is 0 Å². The van der Waals surface area contributed by atoms with E-state index in [1.165, 1.54) is 7.05 Å². The number of hydrogen-bond donors (Lipinski definition) is 2. The van der Waals surface area contributed by atoms with Gasteiger partial charge in [0.15, 0.2) is 0 Å². The van der Waals surface area contributed by atoms with Crippen LogP contribution < -0.4 is 5.32 Å². The summed E-state index contributed by atoms with van der Waals surface area (Å²) in [6, 6.07) is 0. The van der Waals surface area contributed by atoms with Crippen molar-refractivity contribution >= 4 is 5.91 Å². The highest BCUT2D eigenvalue weighted by molar-refractivity contribution is 5.80. The van der Waals surface area contributed by atoms with Crippen LogP contribution in [0.4, 0.5) is 0 Å². The monoisotopic (exact) mass is 145 g/mol. The zero-order valence-electron chi connectivity index (χ0n) is 6.93. The van der Waals surface area contributed by atoms with Crippen LogP contribution in [0.1, 0.15) is 20.8 Å². The SMILES string of the molecule is CNC(=O)[C@@H](O)C(C)(C)C. The van der Waals surface area contributed by atoms with E-state index in [4.69, 9.17) is 0 Å². The Balaban J connectivity index is 4.08. The van der Waals surface area contributed by atoms with Gasteiger partial charge in [-0.25, -0.2) is 0 Å². The van der Waals surface area contributed by atoms with Gasteiger partial charge in [-0.3, -0.25) is 4.79 Å². The molecule has 0 saturated carbocycles. The van der Waals surface area contributed by atoms with Crippen LogP contribution >= 0.6 is 0 Å². The number of carbonyl (C=O) groups excluding carboxylic acids is 1. The van der Waals surface area contributed by atoms with Crippen LogP contribution in [0.25, 0.3) is 0 Å². The normalized spacial score (nSPS) is 14.5. The summed E-state index contributed by atoms with van der Waals surface area (Å²) in [6.07, 6.45) is -0.919. The second kappa shape index (κ2) is 3.01. The minimum absolute atomic E-state index is 0.326. The van der Waals surface area contributed by atoms with Crippen molar-refractivity contribution in [3.8, 4) is 0 Å². The summed E-state index contributed by atoms with van der Waals surface area (Å²) in [7, 11) is 1.51. The fraction of sp³-hybridized carbons (Fsp3) is 0.857. The van der Waals surface area contributed by atoms with Crippen LogP contribution in [0.3, 0.4) is 0 Å². The highest BCUT2D eigenvalue weighted by Gasteiger charge is 2.27. The summed E-state index contributed by atoms with van der Waals surface area (Å²) >= 11 is 0. The predicted octanol–water partition coefficient (Wildman–Crippen LogP) is 0.139. The average molecular weight is 145 g/mol. The zero-order chi connectivity index (χ0) is 8.36. The Hall–Kier alpha value is -0.570. The highest BCUT2D eigenvalue weighted by atomic mass is 16.3. The van der Waals surface area contributed by atoms with Gasteiger partial charge in [0.2, 0.25) is 5.91 Å². The minimum atomic E-state index is -0.919. The molecule has 0 aliphatic carbocycles. The van der Waals surface area contributed by atoms with E-state index in [1.54, 1.807) is 0 Å². The predicted molar refractivity (Wildman–Crippen MR) is 39.5 cm³/mol. The molecule has 0 radical (unpaired) electrons. The van der Waals surface area contributed by atoms with E-state index in [-0.39, 0.29) is 11.3 Å². The van der Waals surface area contributed by atoms with Gasteiger partial charge in [0.1, 0.15) is 6.10 Å². The molecule has 1 amide bonds. The number of aliphatic hydroxyl groups is 1. The maximum Gasteiger partial charge on any atom is 0.249 e. The Morgan fingerprint density at radius 1 is 1.50 bits per heavy atom. The van der Waals surface area contributed by atoms with E-state index < -0.39 is 6.10 Å². The summed E-state index contributed by atoms with van der Waals surface area (Å²) in [4.78, 5) is 10.8. The largest absolute Gasteiger partial charge is 0.383 e. The number of nitrogens with one attached hydrogen (secondary N) is 1. The van der Waals surface area contributed by atoms with Gasteiger partial charge in [-0.15, -0.1) is 0 Å². The van der Waals surface area contributed by atoms with E-state index in [9.17, 15) is 9.90 Å². The Morgan fingerprint density at radius 2 is 1.90 bits per heavy atom. The van der Waals surface area contributed by atoms with Crippen LogP contribution in [0.5, 0.6) is 0 Å². The Morgan fingerprint density at radius 3 is 2.00 bits per heavy atom. The molecule has 0 aromatic rings. The van der Waals surface area contributed by atoms with Crippen LogP contribution in [0.15, 0.2) is 0 Å². The lowest BCUT2D eigenvalue weighted by Crippen LogP contribution is -2.40. The molecule has 3 nitrogen and oxygen atoms in total. The molecule has 0 fully saturated rings. The van der Waals surface area contributed by atoms with Crippen LogP contribution in [0, 0.1) is 5.41 Å². The summed E-state index contributed by atoms with van der Waals surface area (Å²) in [5, 5.41) is 11.6. The lowest BCUT2D eigenvalue weighted by Gasteiger charge is -2.23. The van der Waals surface area contributed by atoms with Gasteiger partial charge in [0, 0.05) is 7.05 Å². The molecule has 0 aromatic carbocycles. The molecule has 0 rings (SSSR count). The number of likely N-dealkylation sites (N-methyl/N-ethyl adjacent to an activating group) is 1. The second-order valence-electron chi connectivity index (χ2n) is 3.38. The first-order valence-corrected chi connectivity index (χ1v) is 3.29. The smallest absolute Gasteiger partial charge is 0.249 e. The molecule has 0 bridgehead atoms. The summed E-state index contributed by atoms with van der Waals surface area (Å²) in [5.74, 6) is -0.326. The van der Waals surface area contributed by atoms with Crippen LogP contribution in [-0.2, 0) is 4.79 Å². The first kappa shape index (κ1) is 9.43. The van der Waals surface area contributed by atoms with Gasteiger partial charge in [0.25, 0.3) is 0 Å². The maximum atomic E-state index is 10.8. The van der Waals surface area contributed by atoms with Crippen molar-refractivity contribution < 1.29 is 9.90 Å². The number of hydrogen-bond acceptors (Lipinski definition) is 2. The van der Waals surface area contributed by atoms with Crippen molar-refractivity contribution in [1.29, 1.82) is 0 Å². The zero-order valence-corrected chi connectivity index (χ0v) is 6.93. The molecule has 0 heterocycles. The van der Waals surface area contributed by atoms with Gasteiger partial charge in [-0.05, 0) is 5.41 Å². The molecule has 0 saturated heterocycles. The van der Waals surface area contributed by atoms with Crippen molar-refractivity contribution in [2.45, 2.75) is 26.9 Å². The Labute approximate surface area is 61.4 Å². The fourth-order valence-electron chi connectivity index (χ4n) is 0.530. The maximum absolute atomic E-state index is 10.8. The standard InChI is InChI=1S/C7H15NO2/c1-7(2,3)5(9)6(10)8-4/h5,9H,1-4H3,(H,8,10)/t5-/m1/s1. The van der Waals surface area contributed by atoms with Gasteiger partial charge < -0.3 is 10.4 Å². The topological polar surface area (TPSA) is 49.3 Å². The van der Waals surface area contributed by atoms with Gasteiger partial charge >= 0.3 is 0 Å². The number of aliphatic hydroxyl groups excluding tert-OH is 1. The quantitative estimate of drug-likeness (QED) is 0.551. The van der Waals surface area contributed by atoms with Crippen molar-refractivity contribution in [2.24, 2.45) is 5.41 Å². The first-order chi connectivity index (χ1) is 4.39. The third-order valence-electron chi connectivity index (χ3n) is 1.32. The molecule has 0 aromatic heterocycles. The number of amides is 1. The van der Waals surface area contributed by atoms with E-state index in [2.05, 4.69) is 5.32 Å². The first-order valence-electron chi connectivity index (χ1n) is 3.29. The third kappa shape index (κ3) is 2.35. The summed E-state index contributed by atoms with van der Waals surface area (Å²) in [6.45, 7) is 5.44. The molecule has 0 spiro atoms. The molecule has 1 atom stereocenters. The molecule has 0 aliphatic heterocycles. The Bertz CT molecular complexity index is 126. The fourth-order valence-corrected chi connectivity index (χ4v) is 0.530. The summed E-state index contributed by atoms with van der Waals surface area (Å²) in [5.41, 5.74) is -0.375. The van der Waals surface area contributed by atoms with Crippen molar-refractivity contribution in [3.05, 3.63) is 0 Å². The van der Waals surface area contributed by atoms with Gasteiger partial charge in [-0.1, -0.05) is 20.8 Å². The van der Waals surface area contributed by atoms with E-state index in [1.807, 2.05) is 20.8 Å². The highest BCUT2D eigenvalue weighted by Crippen LogP contribution is 2.18. The summed E-state index contributed by atoms with van der Waals surface area (Å²) < 4.78 is 0. The molecule has 0 aliphatic rings. The average Bonchev–Trinajstić information content (AvgIpc) is 1.83. The lowest BCUT2D eigenvalue weighted by atomic mass is 9.89. The van der Waals surface area contributed by atoms with Crippen molar-refractivity contribution in [2.75, 3.05) is 7.05 Å². The molecule has 10 heavy (non-hydrogen) atoms. The lowest BCUT2D eigenvalue weighted by molar-refractivity contribution is -0.134. The number of carbonyl (C=O) groups is 1. The molecular weight excluding hydrogens is 130 g/mol. The third-order valence-corrected chi connectivity index (χ3v) is 1.32. The van der Waals surface area contributed by atoms with Crippen molar-refractivity contribution in [1.82, 2.24) is 5.32 Å². The molecular formula is C7H15NO2. The minimum Gasteiger partial charge on any atom is -0.383 e. The second-order valence-corrected chi connectivity index (χ2v) is 3.38. The van der Waals surface area contributed by atoms with Crippen LogP contribution in [0.2, 0.25) is 0 Å². The number of rotatable bonds is 1. The van der Waals surface area contributed by atoms with Gasteiger partial charge in [0.05, 0.1) is 0 Å². The van der Waals surface area contributed by atoms with Crippen LogP contribution in [-0.4, -0.2) is 24.2 Å². The molecule has 0 unspecified atom stereocenters. The van der Waals surface area contributed by atoms with E-state index in [0.29, 0.717) is 0 Å². The molecule has 60 valence electrons. The molecule has 3 heteroatoms.